The molecule has 2 N–H and O–H groups in total. The summed E-state index contributed by atoms with van der Waals surface area (Å²) in [7, 11) is 0. The van der Waals surface area contributed by atoms with Crippen LogP contribution in [0.15, 0.2) is 60.9 Å². The zero-order valence-corrected chi connectivity index (χ0v) is 17.2. The lowest BCUT2D eigenvalue weighted by molar-refractivity contribution is 0.0918. The van der Waals surface area contributed by atoms with Crippen molar-refractivity contribution >= 4 is 5.91 Å². The third-order valence-electron chi connectivity index (χ3n) is 6.26. The Morgan fingerprint density at radius 1 is 1.10 bits per heavy atom. The van der Waals surface area contributed by atoms with Gasteiger partial charge in [0, 0.05) is 29.7 Å². The van der Waals surface area contributed by atoms with Crippen LogP contribution in [0.4, 0.5) is 0 Å². The molecule has 4 heteroatoms. The second-order valence-corrected chi connectivity index (χ2v) is 8.27. The summed E-state index contributed by atoms with van der Waals surface area (Å²) >= 11 is 0. The highest BCUT2D eigenvalue weighted by molar-refractivity contribution is 6.00. The number of nitrogens with zero attached hydrogens (tertiary/aromatic N) is 1. The number of nitrogens with one attached hydrogen (secondary N) is 2. The van der Waals surface area contributed by atoms with Crippen LogP contribution in [0.3, 0.4) is 0 Å². The van der Waals surface area contributed by atoms with Crippen LogP contribution in [0, 0.1) is 12.8 Å². The first kappa shape index (κ1) is 19.4. The first-order chi connectivity index (χ1) is 14.1. The summed E-state index contributed by atoms with van der Waals surface area (Å²) in [5.41, 5.74) is 4.90. The Morgan fingerprint density at radius 3 is 2.55 bits per heavy atom. The average Bonchev–Trinajstić information content (AvgIpc) is 3.17. The van der Waals surface area contributed by atoms with Crippen molar-refractivity contribution in [2.24, 2.45) is 5.92 Å². The zero-order chi connectivity index (χ0) is 20.2. The number of hydrogen-bond donors (Lipinski definition) is 2. The molecule has 1 unspecified atom stereocenters. The van der Waals surface area contributed by atoms with Crippen molar-refractivity contribution in [3.05, 3.63) is 77.7 Å². The van der Waals surface area contributed by atoms with Gasteiger partial charge in [-0.3, -0.25) is 9.78 Å². The van der Waals surface area contributed by atoms with Crippen LogP contribution >= 0.6 is 0 Å². The smallest absolute Gasteiger partial charge is 0.253 e. The van der Waals surface area contributed by atoms with E-state index in [1.165, 1.54) is 18.4 Å². The van der Waals surface area contributed by atoms with Gasteiger partial charge in [0.2, 0.25) is 0 Å². The Labute approximate surface area is 172 Å². The third kappa shape index (κ3) is 4.42. The van der Waals surface area contributed by atoms with Gasteiger partial charge >= 0.3 is 0 Å². The maximum atomic E-state index is 13.0. The molecule has 0 radical (unpaired) electrons. The number of H-pyrrole nitrogens is 1. The van der Waals surface area contributed by atoms with Gasteiger partial charge in [-0.15, -0.1) is 0 Å². The molecule has 1 aliphatic carbocycles. The highest BCUT2D eigenvalue weighted by Gasteiger charge is 2.27. The zero-order valence-electron chi connectivity index (χ0n) is 17.2. The highest BCUT2D eigenvalue weighted by Crippen LogP contribution is 2.37. The Kier molecular flexibility index (Phi) is 5.79. The minimum atomic E-state index is -0.00844. The first-order valence-corrected chi connectivity index (χ1v) is 10.6. The molecule has 0 spiro atoms. The first-order valence-electron chi connectivity index (χ1n) is 10.6. The third-order valence-corrected chi connectivity index (χ3v) is 6.26. The summed E-state index contributed by atoms with van der Waals surface area (Å²) in [6.07, 6.45) is 8.23. The fourth-order valence-electron chi connectivity index (χ4n) is 4.59. The van der Waals surface area contributed by atoms with E-state index >= 15 is 0 Å². The van der Waals surface area contributed by atoms with Gasteiger partial charge in [-0.05, 0) is 75.1 Å². The van der Waals surface area contributed by atoms with E-state index in [0.717, 1.165) is 29.8 Å². The summed E-state index contributed by atoms with van der Waals surface area (Å²) in [4.78, 5) is 20.5. The number of carbonyl (C=O) groups excluding carboxylic acids is 1. The minimum Gasteiger partial charge on any atom is -0.358 e. The van der Waals surface area contributed by atoms with Crippen molar-refractivity contribution in [3.8, 4) is 11.3 Å². The number of hydrogen-bond acceptors (Lipinski definition) is 2. The Balaban J connectivity index is 1.40. The molecule has 4 rings (SSSR count). The van der Waals surface area contributed by atoms with Gasteiger partial charge in [-0.25, -0.2) is 0 Å². The molecule has 2 heterocycles. The van der Waals surface area contributed by atoms with Crippen LogP contribution in [-0.4, -0.2) is 21.9 Å². The lowest BCUT2D eigenvalue weighted by atomic mass is 9.76. The van der Waals surface area contributed by atoms with Crippen molar-refractivity contribution in [1.29, 1.82) is 0 Å². The van der Waals surface area contributed by atoms with E-state index in [-0.39, 0.29) is 11.9 Å². The standard InChI is InChI=1S/C25H29N3O/c1-17-15-23(24(27-17)22-9-6-14-26-16-22)25(29)28-18(2)19-10-12-21(13-11-19)20-7-4-3-5-8-20/h3-9,14-16,18-19,21,27H,10-13H2,1-2H3,(H,28,29). The summed E-state index contributed by atoms with van der Waals surface area (Å²) < 4.78 is 0. The summed E-state index contributed by atoms with van der Waals surface area (Å²) in [5.74, 6) is 1.17. The molecular weight excluding hydrogens is 358 g/mol. The molecular formula is C25H29N3O. The summed E-state index contributed by atoms with van der Waals surface area (Å²) in [5, 5.41) is 3.26. The van der Waals surface area contributed by atoms with Crippen LogP contribution < -0.4 is 5.32 Å². The maximum absolute atomic E-state index is 13.0. The molecule has 1 saturated carbocycles. The van der Waals surface area contributed by atoms with Crippen molar-refractivity contribution in [1.82, 2.24) is 15.3 Å². The second-order valence-electron chi connectivity index (χ2n) is 8.27. The van der Waals surface area contributed by atoms with Gasteiger partial charge in [0.25, 0.3) is 5.91 Å². The topological polar surface area (TPSA) is 57.8 Å². The molecule has 1 atom stereocenters. The molecule has 1 aromatic carbocycles. The van der Waals surface area contributed by atoms with Gasteiger partial charge < -0.3 is 10.3 Å². The Hall–Kier alpha value is -2.88. The SMILES string of the molecule is Cc1cc(C(=O)NC(C)C2CCC(c3ccccc3)CC2)c(-c2cccnc2)[nH]1. The quantitative estimate of drug-likeness (QED) is 0.609. The van der Waals surface area contributed by atoms with E-state index in [1.807, 2.05) is 25.1 Å². The van der Waals surface area contributed by atoms with Gasteiger partial charge in [0.1, 0.15) is 0 Å². The Bertz CT molecular complexity index is 941. The maximum Gasteiger partial charge on any atom is 0.253 e. The molecule has 0 saturated heterocycles. The van der Waals surface area contributed by atoms with E-state index in [9.17, 15) is 4.79 Å². The molecule has 2 aromatic heterocycles. The number of amides is 1. The predicted molar refractivity (Wildman–Crippen MR) is 117 cm³/mol. The molecule has 0 aliphatic heterocycles. The molecule has 1 amide bonds. The average molecular weight is 388 g/mol. The minimum absolute atomic E-state index is 0.00844. The number of pyridine rings is 1. The number of aromatic amines is 1. The van der Waals surface area contributed by atoms with Crippen molar-refractivity contribution in [2.75, 3.05) is 0 Å². The fraction of sp³-hybridized carbons (Fsp3) is 0.360. The number of carbonyl (C=O) groups is 1. The van der Waals surface area contributed by atoms with E-state index in [4.69, 9.17) is 0 Å². The van der Waals surface area contributed by atoms with Gasteiger partial charge in [0.15, 0.2) is 0 Å². The number of aryl methyl sites for hydroxylation is 1. The Morgan fingerprint density at radius 2 is 1.86 bits per heavy atom. The predicted octanol–water partition coefficient (Wildman–Crippen LogP) is 5.48. The second kappa shape index (κ2) is 8.64. The van der Waals surface area contributed by atoms with Crippen LogP contribution in [0.25, 0.3) is 11.3 Å². The molecule has 4 nitrogen and oxygen atoms in total. The van der Waals surface area contributed by atoms with Crippen molar-refractivity contribution < 1.29 is 4.79 Å². The molecule has 3 aromatic rings. The van der Waals surface area contributed by atoms with Crippen molar-refractivity contribution in [3.63, 3.8) is 0 Å². The fourth-order valence-corrected chi connectivity index (χ4v) is 4.59. The number of aromatic nitrogens is 2. The van der Waals surface area contributed by atoms with Crippen LogP contribution in [0.5, 0.6) is 0 Å². The monoisotopic (exact) mass is 387 g/mol. The van der Waals surface area contributed by atoms with Crippen molar-refractivity contribution in [2.45, 2.75) is 51.5 Å². The number of benzene rings is 1. The molecule has 29 heavy (non-hydrogen) atoms. The van der Waals surface area contributed by atoms with Crippen LogP contribution in [-0.2, 0) is 0 Å². The van der Waals surface area contributed by atoms with Crippen LogP contribution in [0.2, 0.25) is 0 Å². The summed E-state index contributed by atoms with van der Waals surface area (Å²) in [6.45, 7) is 4.12. The van der Waals surface area contributed by atoms with Gasteiger partial charge in [0.05, 0.1) is 11.3 Å². The van der Waals surface area contributed by atoms with E-state index < -0.39 is 0 Å². The lowest BCUT2D eigenvalue weighted by Gasteiger charge is -2.33. The molecule has 0 bridgehead atoms. The molecule has 150 valence electrons. The molecule has 1 aliphatic rings. The molecule has 1 fully saturated rings. The highest BCUT2D eigenvalue weighted by atomic mass is 16.1. The normalized spacial score (nSPS) is 20.2. The van der Waals surface area contributed by atoms with E-state index in [0.29, 0.717) is 17.4 Å². The summed E-state index contributed by atoms with van der Waals surface area (Å²) in [6, 6.07) is 16.8. The largest absolute Gasteiger partial charge is 0.358 e. The van der Waals surface area contributed by atoms with Crippen LogP contribution in [0.1, 0.15) is 60.1 Å². The van der Waals surface area contributed by atoms with Gasteiger partial charge in [-0.1, -0.05) is 30.3 Å². The van der Waals surface area contributed by atoms with E-state index in [2.05, 4.69) is 52.5 Å². The van der Waals surface area contributed by atoms with E-state index in [1.54, 1.807) is 12.4 Å². The number of rotatable bonds is 5. The van der Waals surface area contributed by atoms with Gasteiger partial charge in [-0.2, -0.15) is 0 Å². The lowest BCUT2D eigenvalue weighted by Crippen LogP contribution is -2.39.